The standard InChI is InChI=1S/C33H55N3O5/c1-10-23(4)31(35(7)29(37)19-22(2)3)28(40-8)21-30(38)36-18-14-17-27(36)32(41-9)25(6)33(39)34-24(5)20-26-15-12-11-13-16-26/h11-13,15-16,22-25,27-28,31-32H,10,14,17-21H2,1-9H3,(H,34,39)/t23-,24+,25+,27?,28+,31?,32+/m1/s1. The number of amides is 3. The number of carbonyl (C=O) groups is 3. The Kier molecular flexibility index (Phi) is 14.3. The average Bonchev–Trinajstić information content (AvgIpc) is 3.42. The minimum atomic E-state index is -0.430. The zero-order chi connectivity index (χ0) is 30.7. The molecule has 0 bridgehead atoms. The van der Waals surface area contributed by atoms with Crippen molar-refractivity contribution >= 4 is 17.7 Å². The Bertz CT molecular complexity index is 955. The number of nitrogens with one attached hydrogen (secondary N) is 1. The predicted octanol–water partition coefficient (Wildman–Crippen LogP) is 4.70. The van der Waals surface area contributed by atoms with Crippen LogP contribution in [0.4, 0.5) is 0 Å². The molecule has 1 aromatic rings. The Balaban J connectivity index is 2.12. The number of rotatable bonds is 16. The quantitative estimate of drug-likeness (QED) is 0.310. The lowest BCUT2D eigenvalue weighted by molar-refractivity contribution is -0.146. The highest BCUT2D eigenvalue weighted by molar-refractivity contribution is 5.81. The molecule has 1 saturated heterocycles. The van der Waals surface area contributed by atoms with Gasteiger partial charge in [0, 0.05) is 40.3 Å². The second kappa shape index (κ2) is 16.9. The fourth-order valence-corrected chi connectivity index (χ4v) is 6.21. The molecule has 2 unspecified atom stereocenters. The van der Waals surface area contributed by atoms with E-state index in [-0.39, 0.29) is 54.1 Å². The lowest BCUT2D eigenvalue weighted by Gasteiger charge is -2.39. The average molecular weight is 574 g/mol. The van der Waals surface area contributed by atoms with Crippen LogP contribution in [0, 0.1) is 17.8 Å². The van der Waals surface area contributed by atoms with E-state index in [0.717, 1.165) is 25.7 Å². The van der Waals surface area contributed by atoms with Crippen LogP contribution in [0.15, 0.2) is 30.3 Å². The number of likely N-dealkylation sites (N-methyl/N-ethyl adjacent to an activating group) is 1. The molecular weight excluding hydrogens is 518 g/mol. The molecule has 0 saturated carbocycles. The fourth-order valence-electron chi connectivity index (χ4n) is 6.21. The highest BCUT2D eigenvalue weighted by atomic mass is 16.5. The van der Waals surface area contributed by atoms with Gasteiger partial charge in [-0.3, -0.25) is 14.4 Å². The zero-order valence-electron chi connectivity index (χ0n) is 26.9. The molecule has 41 heavy (non-hydrogen) atoms. The molecule has 1 N–H and O–H groups in total. The summed E-state index contributed by atoms with van der Waals surface area (Å²) in [6, 6.07) is 9.66. The van der Waals surface area contributed by atoms with E-state index >= 15 is 0 Å². The van der Waals surface area contributed by atoms with E-state index in [1.807, 2.05) is 57.8 Å². The number of hydrogen-bond donors (Lipinski definition) is 1. The molecular formula is C33H55N3O5. The monoisotopic (exact) mass is 573 g/mol. The molecule has 0 spiro atoms. The maximum atomic E-state index is 13.8. The summed E-state index contributed by atoms with van der Waals surface area (Å²) in [5.41, 5.74) is 1.17. The molecule has 0 aromatic heterocycles. The summed E-state index contributed by atoms with van der Waals surface area (Å²) >= 11 is 0. The van der Waals surface area contributed by atoms with Crippen LogP contribution < -0.4 is 5.32 Å². The SMILES string of the molecule is CC[C@@H](C)C([C@H](CC(=O)N1CCCC1[C@@H](OC)[C@H](C)C(=O)N[C@@H](C)Cc1ccccc1)OC)N(C)C(=O)CC(C)C. The molecule has 1 heterocycles. The van der Waals surface area contributed by atoms with Gasteiger partial charge in [-0.15, -0.1) is 0 Å². The summed E-state index contributed by atoms with van der Waals surface area (Å²) in [4.78, 5) is 43.7. The van der Waals surface area contributed by atoms with Crippen molar-refractivity contribution in [3.8, 4) is 0 Å². The number of benzene rings is 1. The number of ether oxygens (including phenoxy) is 2. The smallest absolute Gasteiger partial charge is 0.225 e. The Morgan fingerprint density at radius 1 is 1.02 bits per heavy atom. The van der Waals surface area contributed by atoms with E-state index in [9.17, 15) is 14.4 Å². The van der Waals surface area contributed by atoms with Crippen LogP contribution in [0.25, 0.3) is 0 Å². The van der Waals surface area contributed by atoms with E-state index in [0.29, 0.717) is 13.0 Å². The van der Waals surface area contributed by atoms with Crippen LogP contribution in [-0.2, 0) is 30.3 Å². The molecule has 0 radical (unpaired) electrons. The van der Waals surface area contributed by atoms with Crippen LogP contribution in [0.1, 0.15) is 79.2 Å². The maximum Gasteiger partial charge on any atom is 0.225 e. The zero-order valence-corrected chi connectivity index (χ0v) is 26.9. The number of nitrogens with zero attached hydrogens (tertiary/aromatic N) is 2. The van der Waals surface area contributed by atoms with Crippen LogP contribution in [0.3, 0.4) is 0 Å². The van der Waals surface area contributed by atoms with Crippen molar-refractivity contribution in [2.75, 3.05) is 27.8 Å². The normalized spacial score (nSPS) is 19.8. The van der Waals surface area contributed by atoms with Gasteiger partial charge in [-0.05, 0) is 43.6 Å². The molecule has 8 heteroatoms. The Morgan fingerprint density at radius 3 is 2.24 bits per heavy atom. The van der Waals surface area contributed by atoms with Crippen LogP contribution in [-0.4, -0.2) is 85.7 Å². The molecule has 1 fully saturated rings. The molecule has 8 nitrogen and oxygen atoms in total. The van der Waals surface area contributed by atoms with Crippen molar-refractivity contribution < 1.29 is 23.9 Å². The van der Waals surface area contributed by atoms with Crippen molar-refractivity contribution in [3.63, 3.8) is 0 Å². The van der Waals surface area contributed by atoms with Gasteiger partial charge in [-0.2, -0.15) is 0 Å². The van der Waals surface area contributed by atoms with Crippen LogP contribution >= 0.6 is 0 Å². The number of hydrogen-bond acceptors (Lipinski definition) is 5. The minimum Gasteiger partial charge on any atom is -0.379 e. The van der Waals surface area contributed by atoms with E-state index in [4.69, 9.17) is 9.47 Å². The van der Waals surface area contributed by atoms with Gasteiger partial charge in [0.15, 0.2) is 0 Å². The van der Waals surface area contributed by atoms with Gasteiger partial charge < -0.3 is 24.6 Å². The summed E-state index contributed by atoms with van der Waals surface area (Å²) in [6.07, 6.45) is 3.02. The Morgan fingerprint density at radius 2 is 1.68 bits per heavy atom. The van der Waals surface area contributed by atoms with Gasteiger partial charge in [0.25, 0.3) is 0 Å². The molecule has 1 aliphatic heterocycles. The minimum absolute atomic E-state index is 0.0236. The summed E-state index contributed by atoms with van der Waals surface area (Å²) in [5, 5.41) is 3.14. The lowest BCUT2D eigenvalue weighted by Crippen LogP contribution is -2.53. The molecule has 7 atom stereocenters. The first-order valence-corrected chi connectivity index (χ1v) is 15.4. The third-order valence-electron chi connectivity index (χ3n) is 8.66. The second-order valence-corrected chi connectivity index (χ2v) is 12.3. The Labute approximate surface area is 248 Å². The Hall–Kier alpha value is -2.45. The van der Waals surface area contributed by atoms with E-state index < -0.39 is 18.1 Å². The molecule has 232 valence electrons. The first-order chi connectivity index (χ1) is 19.4. The highest BCUT2D eigenvalue weighted by Gasteiger charge is 2.42. The van der Waals surface area contributed by atoms with Crippen molar-refractivity contribution in [1.82, 2.24) is 15.1 Å². The summed E-state index contributed by atoms with van der Waals surface area (Å²) in [6.45, 7) is 12.8. The van der Waals surface area contributed by atoms with Gasteiger partial charge in [0.1, 0.15) is 0 Å². The highest BCUT2D eigenvalue weighted by Crippen LogP contribution is 2.29. The van der Waals surface area contributed by atoms with Crippen molar-refractivity contribution in [2.45, 2.75) is 110 Å². The maximum absolute atomic E-state index is 13.8. The number of carbonyl (C=O) groups excluding carboxylic acids is 3. The largest absolute Gasteiger partial charge is 0.379 e. The van der Waals surface area contributed by atoms with Gasteiger partial charge in [-0.1, -0.05) is 71.4 Å². The number of methoxy groups -OCH3 is 2. The van der Waals surface area contributed by atoms with Gasteiger partial charge in [0.05, 0.1) is 36.6 Å². The summed E-state index contributed by atoms with van der Waals surface area (Å²) < 4.78 is 11.8. The fraction of sp³-hybridized carbons (Fsp3) is 0.727. The topological polar surface area (TPSA) is 88.2 Å². The molecule has 0 aliphatic carbocycles. The predicted molar refractivity (Wildman–Crippen MR) is 163 cm³/mol. The number of likely N-dealkylation sites (tertiary alicyclic amines) is 1. The summed E-state index contributed by atoms with van der Waals surface area (Å²) in [5.74, 6) is -0.0402. The third kappa shape index (κ3) is 9.81. The van der Waals surface area contributed by atoms with Crippen molar-refractivity contribution in [2.24, 2.45) is 17.8 Å². The van der Waals surface area contributed by atoms with Crippen molar-refractivity contribution in [1.29, 1.82) is 0 Å². The lowest BCUT2D eigenvalue weighted by atomic mass is 9.90. The van der Waals surface area contributed by atoms with Crippen LogP contribution in [0.5, 0.6) is 0 Å². The first-order valence-electron chi connectivity index (χ1n) is 15.4. The molecule has 3 amide bonds. The summed E-state index contributed by atoms with van der Waals surface area (Å²) in [7, 11) is 5.07. The first kappa shape index (κ1) is 34.7. The second-order valence-electron chi connectivity index (χ2n) is 12.3. The van der Waals surface area contributed by atoms with Gasteiger partial charge in [-0.25, -0.2) is 0 Å². The molecule has 2 rings (SSSR count). The van der Waals surface area contributed by atoms with Crippen molar-refractivity contribution in [3.05, 3.63) is 35.9 Å². The van der Waals surface area contributed by atoms with Gasteiger partial charge in [0.2, 0.25) is 17.7 Å². The van der Waals surface area contributed by atoms with E-state index in [1.54, 1.807) is 19.1 Å². The van der Waals surface area contributed by atoms with Gasteiger partial charge >= 0.3 is 0 Å². The molecule has 1 aromatic carbocycles. The third-order valence-corrected chi connectivity index (χ3v) is 8.66. The van der Waals surface area contributed by atoms with Crippen LogP contribution in [0.2, 0.25) is 0 Å². The molecule has 1 aliphatic rings. The van der Waals surface area contributed by atoms with E-state index in [1.165, 1.54) is 5.56 Å². The van der Waals surface area contributed by atoms with E-state index in [2.05, 4.69) is 31.3 Å².